The minimum atomic E-state index is -0.242. The third kappa shape index (κ3) is 7.38. The summed E-state index contributed by atoms with van der Waals surface area (Å²) in [5.74, 6) is -0.447. The van der Waals surface area contributed by atoms with Gasteiger partial charge >= 0.3 is 5.97 Å². The Kier molecular flexibility index (Phi) is 8.32. The zero-order chi connectivity index (χ0) is 18.8. The Balaban J connectivity index is 1.95. The summed E-state index contributed by atoms with van der Waals surface area (Å²) in [5.41, 5.74) is 2.11. The summed E-state index contributed by atoms with van der Waals surface area (Å²) in [6, 6.07) is 14.1. The van der Waals surface area contributed by atoms with E-state index in [1.165, 1.54) is 19.2 Å². The summed E-state index contributed by atoms with van der Waals surface area (Å²) in [4.78, 5) is 13.5. The van der Waals surface area contributed by atoms with Crippen molar-refractivity contribution in [2.45, 2.75) is 19.4 Å². The lowest BCUT2D eigenvalue weighted by molar-refractivity contribution is -0.140. The van der Waals surface area contributed by atoms with Gasteiger partial charge in [0, 0.05) is 24.5 Å². The Hall–Kier alpha value is -2.17. The zero-order valence-electron chi connectivity index (χ0n) is 14.8. The highest BCUT2D eigenvalue weighted by Gasteiger charge is 2.07. The molecule has 0 bridgehead atoms. The van der Waals surface area contributed by atoms with Gasteiger partial charge in [-0.15, -0.1) is 0 Å². The number of methoxy groups -OCH3 is 1. The molecule has 0 radical (unpaired) electrons. The van der Waals surface area contributed by atoms with E-state index in [-0.39, 0.29) is 11.8 Å². The fourth-order valence-electron chi connectivity index (χ4n) is 2.54. The van der Waals surface area contributed by atoms with Crippen molar-refractivity contribution in [3.63, 3.8) is 0 Å². The van der Waals surface area contributed by atoms with E-state index in [1.54, 1.807) is 12.1 Å². The van der Waals surface area contributed by atoms with Gasteiger partial charge in [0.25, 0.3) is 0 Å². The van der Waals surface area contributed by atoms with Crippen molar-refractivity contribution in [3.05, 3.63) is 76.6 Å². The van der Waals surface area contributed by atoms with Crippen LogP contribution in [0.4, 0.5) is 4.39 Å². The van der Waals surface area contributed by atoms with Gasteiger partial charge in [0.05, 0.1) is 7.11 Å². The molecule has 0 atom stereocenters. The molecule has 5 heteroatoms. The molecular formula is C21H23ClFNO2. The molecule has 0 saturated carbocycles. The van der Waals surface area contributed by atoms with Crippen LogP contribution in [-0.4, -0.2) is 31.1 Å². The molecule has 0 N–H and O–H groups in total. The number of benzene rings is 2. The lowest BCUT2D eigenvalue weighted by Gasteiger charge is -2.20. The molecule has 0 fully saturated rings. The molecular weight excluding hydrogens is 353 g/mol. The van der Waals surface area contributed by atoms with Crippen molar-refractivity contribution in [1.29, 1.82) is 0 Å². The average molecular weight is 376 g/mol. The highest BCUT2D eigenvalue weighted by atomic mass is 35.5. The Morgan fingerprint density at radius 3 is 2.50 bits per heavy atom. The molecule has 0 spiro atoms. The summed E-state index contributed by atoms with van der Waals surface area (Å²) in [6.07, 6.45) is 5.21. The van der Waals surface area contributed by atoms with Crippen LogP contribution in [0, 0.1) is 5.82 Å². The predicted octanol–water partition coefficient (Wildman–Crippen LogP) is 4.95. The van der Waals surface area contributed by atoms with Crippen molar-refractivity contribution >= 4 is 23.6 Å². The molecule has 2 rings (SSSR count). The van der Waals surface area contributed by atoms with E-state index in [0.717, 1.165) is 24.2 Å². The normalized spacial score (nSPS) is 11.2. The van der Waals surface area contributed by atoms with Crippen LogP contribution in [0.5, 0.6) is 0 Å². The second-order valence-corrected chi connectivity index (χ2v) is 6.43. The van der Waals surface area contributed by atoms with Crippen LogP contribution in [-0.2, 0) is 16.1 Å². The second kappa shape index (κ2) is 10.7. The molecule has 0 amide bonds. The SMILES string of the molecule is COC(=O)CCCN(C/C=C/c1ccc(Cl)cc1)Cc1ccc(F)cc1. The van der Waals surface area contributed by atoms with Crippen molar-refractivity contribution in [2.75, 3.05) is 20.2 Å². The van der Waals surface area contributed by atoms with Gasteiger partial charge in [0.1, 0.15) is 5.82 Å². The van der Waals surface area contributed by atoms with Gasteiger partial charge in [0.15, 0.2) is 0 Å². The minimum absolute atomic E-state index is 0.205. The lowest BCUT2D eigenvalue weighted by Crippen LogP contribution is -2.25. The first-order valence-corrected chi connectivity index (χ1v) is 8.90. The summed E-state index contributed by atoms with van der Waals surface area (Å²) < 4.78 is 17.8. The fourth-order valence-corrected chi connectivity index (χ4v) is 2.67. The Labute approximate surface area is 159 Å². The average Bonchev–Trinajstić information content (AvgIpc) is 2.64. The molecule has 138 valence electrons. The Morgan fingerprint density at radius 1 is 1.15 bits per heavy atom. The monoisotopic (exact) mass is 375 g/mol. The van der Waals surface area contributed by atoms with Gasteiger partial charge in [-0.2, -0.15) is 0 Å². The second-order valence-electron chi connectivity index (χ2n) is 6.00. The van der Waals surface area contributed by atoms with Gasteiger partial charge in [-0.05, 0) is 48.4 Å². The molecule has 0 aliphatic heterocycles. The molecule has 2 aromatic carbocycles. The quantitative estimate of drug-likeness (QED) is 0.581. The minimum Gasteiger partial charge on any atom is -0.469 e. The zero-order valence-corrected chi connectivity index (χ0v) is 15.6. The van der Waals surface area contributed by atoms with Crippen molar-refractivity contribution in [1.82, 2.24) is 4.90 Å². The van der Waals surface area contributed by atoms with Crippen LogP contribution in [0.3, 0.4) is 0 Å². The Morgan fingerprint density at radius 2 is 1.85 bits per heavy atom. The van der Waals surface area contributed by atoms with Gasteiger partial charge < -0.3 is 4.74 Å². The maximum atomic E-state index is 13.1. The largest absolute Gasteiger partial charge is 0.469 e. The van der Waals surface area contributed by atoms with Crippen LogP contribution in [0.25, 0.3) is 6.08 Å². The van der Waals surface area contributed by atoms with Crippen LogP contribution in [0.15, 0.2) is 54.6 Å². The van der Waals surface area contributed by atoms with E-state index >= 15 is 0 Å². The van der Waals surface area contributed by atoms with E-state index < -0.39 is 0 Å². The number of halogens is 2. The number of ether oxygens (including phenoxy) is 1. The third-order valence-electron chi connectivity index (χ3n) is 3.95. The van der Waals surface area contributed by atoms with Crippen LogP contribution < -0.4 is 0 Å². The molecule has 0 heterocycles. The summed E-state index contributed by atoms with van der Waals surface area (Å²) in [6.45, 7) is 2.16. The first kappa shape index (κ1) is 20.1. The van der Waals surface area contributed by atoms with Gasteiger partial charge in [-0.25, -0.2) is 4.39 Å². The summed E-state index contributed by atoms with van der Waals surface area (Å²) in [7, 11) is 1.40. The number of esters is 1. The number of hydrogen-bond acceptors (Lipinski definition) is 3. The summed E-state index contributed by atoms with van der Waals surface area (Å²) >= 11 is 5.90. The molecule has 0 aliphatic carbocycles. The topological polar surface area (TPSA) is 29.5 Å². The van der Waals surface area contributed by atoms with E-state index in [9.17, 15) is 9.18 Å². The van der Waals surface area contributed by atoms with Gasteiger partial charge in [-0.1, -0.05) is 48.0 Å². The highest BCUT2D eigenvalue weighted by molar-refractivity contribution is 6.30. The number of carbonyl (C=O) groups excluding carboxylic acids is 1. The van der Waals surface area contributed by atoms with Gasteiger partial charge in [-0.3, -0.25) is 9.69 Å². The third-order valence-corrected chi connectivity index (χ3v) is 4.20. The van der Waals surface area contributed by atoms with Crippen LogP contribution in [0.2, 0.25) is 5.02 Å². The highest BCUT2D eigenvalue weighted by Crippen LogP contribution is 2.12. The van der Waals surface area contributed by atoms with Gasteiger partial charge in [0.2, 0.25) is 0 Å². The molecule has 0 saturated heterocycles. The number of hydrogen-bond donors (Lipinski definition) is 0. The molecule has 2 aromatic rings. The fraction of sp³-hybridized carbons (Fsp3) is 0.286. The first-order chi connectivity index (χ1) is 12.6. The van der Waals surface area contributed by atoms with Crippen LogP contribution in [0.1, 0.15) is 24.0 Å². The maximum absolute atomic E-state index is 13.1. The molecule has 0 aliphatic rings. The van der Waals surface area contributed by atoms with Crippen molar-refractivity contribution in [3.8, 4) is 0 Å². The summed E-state index contributed by atoms with van der Waals surface area (Å²) in [5, 5.41) is 0.711. The molecule has 0 unspecified atom stereocenters. The number of carbonyl (C=O) groups is 1. The van der Waals surface area contributed by atoms with Crippen molar-refractivity contribution in [2.24, 2.45) is 0 Å². The van der Waals surface area contributed by atoms with E-state index in [2.05, 4.69) is 15.7 Å². The van der Waals surface area contributed by atoms with E-state index in [0.29, 0.717) is 24.4 Å². The van der Waals surface area contributed by atoms with E-state index in [4.69, 9.17) is 11.6 Å². The smallest absolute Gasteiger partial charge is 0.305 e. The molecule has 3 nitrogen and oxygen atoms in total. The maximum Gasteiger partial charge on any atom is 0.305 e. The van der Waals surface area contributed by atoms with E-state index in [1.807, 2.05) is 30.3 Å². The lowest BCUT2D eigenvalue weighted by atomic mass is 10.2. The molecule has 0 aromatic heterocycles. The number of rotatable bonds is 9. The predicted molar refractivity (Wildman–Crippen MR) is 103 cm³/mol. The number of nitrogens with zero attached hydrogens (tertiary/aromatic N) is 1. The standard InChI is InChI=1S/C21H23ClFNO2/c1-26-21(25)5-3-15-24(16-18-8-12-20(23)13-9-18)14-2-4-17-6-10-19(22)11-7-17/h2,4,6-13H,3,5,14-16H2,1H3/b4-2+. The van der Waals surface area contributed by atoms with Crippen molar-refractivity contribution < 1.29 is 13.9 Å². The first-order valence-electron chi connectivity index (χ1n) is 8.52. The molecule has 26 heavy (non-hydrogen) atoms. The Bertz CT molecular complexity index is 714. The van der Waals surface area contributed by atoms with Crippen LogP contribution >= 0.6 is 11.6 Å².